The van der Waals surface area contributed by atoms with E-state index in [1.807, 2.05) is 0 Å². The smallest absolute Gasteiger partial charge is 0.323 e. The summed E-state index contributed by atoms with van der Waals surface area (Å²) in [6.07, 6.45) is 0. The Hall–Kier alpha value is -1.42. The summed E-state index contributed by atoms with van der Waals surface area (Å²) in [6, 6.07) is 6.17. The summed E-state index contributed by atoms with van der Waals surface area (Å²) in [5.41, 5.74) is -0.205. The van der Waals surface area contributed by atoms with Gasteiger partial charge in [0.1, 0.15) is 11.4 Å². The molecule has 0 aliphatic heterocycles. The largest absolute Gasteiger partial charge is 0.480 e. The molecule has 88 valence electrons. The third kappa shape index (κ3) is 2.79. The minimum Gasteiger partial charge on any atom is -0.480 e. The van der Waals surface area contributed by atoms with Crippen molar-refractivity contribution in [2.45, 2.75) is 25.9 Å². The summed E-state index contributed by atoms with van der Waals surface area (Å²) >= 11 is 0. The van der Waals surface area contributed by atoms with E-state index >= 15 is 0 Å². The van der Waals surface area contributed by atoms with E-state index in [0.29, 0.717) is 6.54 Å². The van der Waals surface area contributed by atoms with E-state index in [9.17, 15) is 9.18 Å². The molecular weight excluding hydrogens is 209 g/mol. The number of rotatable bonds is 4. The molecular formula is C12H16FNO2. The molecule has 0 saturated heterocycles. The van der Waals surface area contributed by atoms with Gasteiger partial charge < -0.3 is 5.11 Å². The van der Waals surface area contributed by atoms with Gasteiger partial charge in [0.2, 0.25) is 0 Å². The van der Waals surface area contributed by atoms with Crippen LogP contribution < -0.4 is 0 Å². The Balaban J connectivity index is 2.79. The lowest BCUT2D eigenvalue weighted by Crippen LogP contribution is -2.47. The monoisotopic (exact) mass is 225 g/mol. The van der Waals surface area contributed by atoms with Gasteiger partial charge in [-0.05, 0) is 38.6 Å². The van der Waals surface area contributed by atoms with Crippen molar-refractivity contribution in [3.8, 4) is 0 Å². The number of hydrogen-bond acceptors (Lipinski definition) is 2. The minimum absolute atomic E-state index is 0.306. The second-order valence-electron chi connectivity index (χ2n) is 4.35. The van der Waals surface area contributed by atoms with Crippen molar-refractivity contribution < 1.29 is 14.3 Å². The summed E-state index contributed by atoms with van der Waals surface area (Å²) in [7, 11) is 1.71. The van der Waals surface area contributed by atoms with Crippen molar-refractivity contribution in [2.75, 3.05) is 7.05 Å². The molecule has 0 atom stereocenters. The zero-order valence-electron chi connectivity index (χ0n) is 9.70. The van der Waals surface area contributed by atoms with Gasteiger partial charge in [0.05, 0.1) is 0 Å². The zero-order valence-corrected chi connectivity index (χ0v) is 9.70. The highest BCUT2D eigenvalue weighted by molar-refractivity contribution is 5.77. The van der Waals surface area contributed by atoms with E-state index in [4.69, 9.17) is 5.11 Å². The first kappa shape index (κ1) is 12.6. The molecule has 0 unspecified atom stereocenters. The Morgan fingerprint density at radius 2 is 2.12 bits per heavy atom. The van der Waals surface area contributed by atoms with Crippen LogP contribution in [0, 0.1) is 5.82 Å². The standard InChI is InChI=1S/C12H16FNO2/c1-12(2,11(15)16)14(3)8-9-5-4-6-10(13)7-9/h4-7H,8H2,1-3H3,(H,15,16). The number of carboxylic acids is 1. The highest BCUT2D eigenvalue weighted by atomic mass is 19.1. The van der Waals surface area contributed by atoms with Crippen LogP contribution in [-0.4, -0.2) is 28.6 Å². The van der Waals surface area contributed by atoms with Gasteiger partial charge in [-0.25, -0.2) is 4.39 Å². The number of benzene rings is 1. The highest BCUT2D eigenvalue weighted by Gasteiger charge is 2.31. The van der Waals surface area contributed by atoms with Crippen molar-refractivity contribution in [1.82, 2.24) is 4.90 Å². The number of nitrogens with zero attached hydrogens (tertiary/aromatic N) is 1. The van der Waals surface area contributed by atoms with E-state index in [1.54, 1.807) is 37.9 Å². The van der Waals surface area contributed by atoms with Crippen molar-refractivity contribution in [3.63, 3.8) is 0 Å². The predicted molar refractivity (Wildman–Crippen MR) is 59.6 cm³/mol. The summed E-state index contributed by atoms with van der Waals surface area (Å²) in [4.78, 5) is 12.7. The molecule has 0 amide bonds. The van der Waals surface area contributed by atoms with Crippen molar-refractivity contribution in [1.29, 1.82) is 0 Å². The molecule has 3 nitrogen and oxygen atoms in total. The molecule has 4 heteroatoms. The second kappa shape index (κ2) is 4.61. The third-order valence-electron chi connectivity index (χ3n) is 2.79. The number of aliphatic carboxylic acids is 1. The van der Waals surface area contributed by atoms with Crippen LogP contribution in [0.1, 0.15) is 19.4 Å². The summed E-state index contributed by atoms with van der Waals surface area (Å²) in [5.74, 6) is -1.20. The van der Waals surface area contributed by atoms with E-state index in [2.05, 4.69) is 0 Å². The molecule has 1 aromatic rings. The second-order valence-corrected chi connectivity index (χ2v) is 4.35. The molecule has 1 aromatic carbocycles. The molecule has 0 bridgehead atoms. The van der Waals surface area contributed by atoms with Crippen LogP contribution in [-0.2, 0) is 11.3 Å². The number of carboxylic acid groups (broad SMARTS) is 1. The van der Waals surface area contributed by atoms with Gasteiger partial charge in [0.15, 0.2) is 0 Å². The Kier molecular flexibility index (Phi) is 3.65. The first-order chi connectivity index (χ1) is 7.34. The molecule has 0 fully saturated rings. The van der Waals surface area contributed by atoms with Gasteiger partial charge in [-0.2, -0.15) is 0 Å². The number of hydrogen-bond donors (Lipinski definition) is 1. The Morgan fingerprint density at radius 3 is 2.62 bits per heavy atom. The molecule has 0 saturated carbocycles. The zero-order chi connectivity index (χ0) is 12.3. The molecule has 0 heterocycles. The Labute approximate surface area is 94.5 Å². The first-order valence-electron chi connectivity index (χ1n) is 5.03. The van der Waals surface area contributed by atoms with Gasteiger partial charge in [0, 0.05) is 6.54 Å². The fourth-order valence-electron chi connectivity index (χ4n) is 1.27. The molecule has 0 aliphatic rings. The summed E-state index contributed by atoms with van der Waals surface area (Å²) in [6.45, 7) is 3.64. The summed E-state index contributed by atoms with van der Waals surface area (Å²) < 4.78 is 12.9. The van der Waals surface area contributed by atoms with Crippen LogP contribution in [0.25, 0.3) is 0 Å². The SMILES string of the molecule is CN(Cc1cccc(F)c1)C(C)(C)C(=O)O. The molecule has 0 spiro atoms. The van der Waals surface area contributed by atoms with Gasteiger partial charge in [-0.15, -0.1) is 0 Å². The van der Waals surface area contributed by atoms with E-state index in [0.717, 1.165) is 5.56 Å². The van der Waals surface area contributed by atoms with Gasteiger partial charge >= 0.3 is 5.97 Å². The fraction of sp³-hybridized carbons (Fsp3) is 0.417. The van der Waals surface area contributed by atoms with Crippen molar-refractivity contribution in [3.05, 3.63) is 35.6 Å². The lowest BCUT2D eigenvalue weighted by Gasteiger charge is -2.31. The lowest BCUT2D eigenvalue weighted by atomic mass is 10.0. The van der Waals surface area contributed by atoms with E-state index < -0.39 is 11.5 Å². The average molecular weight is 225 g/mol. The molecule has 1 N–H and O–H groups in total. The highest BCUT2D eigenvalue weighted by Crippen LogP contribution is 2.16. The van der Waals surface area contributed by atoms with Crippen LogP contribution in [0.4, 0.5) is 4.39 Å². The quantitative estimate of drug-likeness (QED) is 0.853. The van der Waals surface area contributed by atoms with Crippen molar-refractivity contribution in [2.24, 2.45) is 0 Å². The van der Waals surface area contributed by atoms with Gasteiger partial charge in [-0.1, -0.05) is 12.1 Å². The Bertz CT molecular complexity index is 390. The van der Waals surface area contributed by atoms with Crippen LogP contribution in [0.5, 0.6) is 0 Å². The molecule has 1 rings (SSSR count). The molecule has 0 aliphatic carbocycles. The first-order valence-corrected chi connectivity index (χ1v) is 5.03. The lowest BCUT2D eigenvalue weighted by molar-refractivity contribution is -0.148. The maximum atomic E-state index is 12.9. The van der Waals surface area contributed by atoms with E-state index in [-0.39, 0.29) is 5.82 Å². The normalized spacial score (nSPS) is 11.8. The number of carbonyl (C=O) groups is 1. The summed E-state index contributed by atoms with van der Waals surface area (Å²) in [5, 5.41) is 9.03. The maximum Gasteiger partial charge on any atom is 0.323 e. The predicted octanol–water partition coefficient (Wildman–Crippen LogP) is 2.12. The van der Waals surface area contributed by atoms with Crippen LogP contribution >= 0.6 is 0 Å². The molecule has 0 aromatic heterocycles. The topological polar surface area (TPSA) is 40.5 Å². The molecule has 16 heavy (non-hydrogen) atoms. The molecule has 0 radical (unpaired) electrons. The van der Waals surface area contributed by atoms with Crippen LogP contribution in [0.2, 0.25) is 0 Å². The van der Waals surface area contributed by atoms with Gasteiger partial charge in [0.25, 0.3) is 0 Å². The van der Waals surface area contributed by atoms with Crippen LogP contribution in [0.3, 0.4) is 0 Å². The Morgan fingerprint density at radius 1 is 1.50 bits per heavy atom. The fourth-order valence-corrected chi connectivity index (χ4v) is 1.27. The number of likely N-dealkylation sites (N-methyl/N-ethyl adjacent to an activating group) is 1. The maximum absolute atomic E-state index is 12.9. The van der Waals surface area contributed by atoms with Crippen LogP contribution in [0.15, 0.2) is 24.3 Å². The average Bonchev–Trinajstić information content (AvgIpc) is 2.17. The van der Waals surface area contributed by atoms with E-state index in [1.165, 1.54) is 12.1 Å². The third-order valence-corrected chi connectivity index (χ3v) is 2.79. The number of halogens is 1. The van der Waals surface area contributed by atoms with Gasteiger partial charge in [-0.3, -0.25) is 9.69 Å². The minimum atomic E-state index is -0.966. The van der Waals surface area contributed by atoms with Crippen molar-refractivity contribution >= 4 is 5.97 Å².